The lowest BCUT2D eigenvalue weighted by molar-refractivity contribution is 0.251. The van der Waals surface area contributed by atoms with Crippen molar-refractivity contribution >= 4 is 23.4 Å². The zero-order valence-electron chi connectivity index (χ0n) is 15.9. The Bertz CT molecular complexity index is 1050. The van der Waals surface area contributed by atoms with Crippen LogP contribution in [0.15, 0.2) is 55.0 Å². The topological polar surface area (TPSA) is 104 Å². The molecule has 1 aliphatic rings. The third-order valence-corrected chi connectivity index (χ3v) is 4.61. The lowest BCUT2D eigenvalue weighted by Gasteiger charge is -2.15. The highest BCUT2D eigenvalue weighted by Crippen LogP contribution is 2.21. The Morgan fingerprint density at radius 3 is 2.86 bits per heavy atom. The van der Waals surface area contributed by atoms with Crippen LogP contribution in [0.2, 0.25) is 0 Å². The Hall–Kier alpha value is -3.88. The molecular weight excluding hydrogens is 370 g/mol. The lowest BCUT2D eigenvalue weighted by Crippen LogP contribution is -2.29. The molecule has 3 heterocycles. The monoisotopic (exact) mass is 391 g/mol. The number of imidazole rings is 1. The number of hydrogen-bond donors (Lipinski definition) is 3. The van der Waals surface area contributed by atoms with Gasteiger partial charge in [0, 0.05) is 49.6 Å². The molecule has 0 spiro atoms. The Labute approximate surface area is 167 Å². The molecule has 1 aromatic carbocycles. The molecule has 0 aliphatic carbocycles. The molecule has 9 nitrogen and oxygen atoms in total. The maximum atomic E-state index is 12.3. The largest absolute Gasteiger partial charge is 0.336 e. The van der Waals surface area contributed by atoms with Crippen LogP contribution in [0.3, 0.4) is 0 Å². The lowest BCUT2D eigenvalue weighted by atomic mass is 10.2. The van der Waals surface area contributed by atoms with Gasteiger partial charge in [0.15, 0.2) is 0 Å². The molecular formula is C20H21N7O2. The highest BCUT2D eigenvalue weighted by molar-refractivity contribution is 5.95. The van der Waals surface area contributed by atoms with Crippen molar-refractivity contribution in [2.45, 2.75) is 13.5 Å². The molecule has 1 fully saturated rings. The summed E-state index contributed by atoms with van der Waals surface area (Å²) in [6.07, 6.45) is 5.26. The van der Waals surface area contributed by atoms with Crippen molar-refractivity contribution in [2.75, 3.05) is 23.3 Å². The summed E-state index contributed by atoms with van der Waals surface area (Å²) >= 11 is 0. The zero-order valence-corrected chi connectivity index (χ0v) is 15.9. The van der Waals surface area contributed by atoms with E-state index in [-0.39, 0.29) is 12.1 Å². The van der Waals surface area contributed by atoms with E-state index in [1.807, 2.05) is 35.9 Å². The Morgan fingerprint density at radius 1 is 1.21 bits per heavy atom. The van der Waals surface area contributed by atoms with E-state index in [0.29, 0.717) is 25.3 Å². The van der Waals surface area contributed by atoms with Crippen LogP contribution < -0.4 is 20.9 Å². The molecule has 3 aromatic rings. The van der Waals surface area contributed by atoms with Crippen molar-refractivity contribution in [1.82, 2.24) is 25.2 Å². The first-order valence-corrected chi connectivity index (χ1v) is 9.26. The number of aryl methyl sites for hydroxylation is 1. The summed E-state index contributed by atoms with van der Waals surface area (Å²) in [7, 11) is 0. The van der Waals surface area contributed by atoms with Gasteiger partial charge < -0.3 is 16.0 Å². The molecule has 0 saturated carbocycles. The molecule has 2 aromatic heterocycles. The van der Waals surface area contributed by atoms with Gasteiger partial charge in [0.1, 0.15) is 11.6 Å². The predicted octanol–water partition coefficient (Wildman–Crippen LogP) is 2.43. The molecule has 0 atom stereocenters. The first-order chi connectivity index (χ1) is 14.1. The van der Waals surface area contributed by atoms with E-state index in [1.54, 1.807) is 35.5 Å². The van der Waals surface area contributed by atoms with E-state index in [9.17, 15) is 9.59 Å². The second kappa shape index (κ2) is 8.01. The summed E-state index contributed by atoms with van der Waals surface area (Å²) in [5.74, 6) is 1.59. The Balaban J connectivity index is 1.37. The van der Waals surface area contributed by atoms with Gasteiger partial charge in [0.25, 0.3) is 0 Å². The third kappa shape index (κ3) is 4.18. The van der Waals surface area contributed by atoms with Crippen molar-refractivity contribution < 1.29 is 9.59 Å². The smallest absolute Gasteiger partial charge is 0.321 e. The van der Waals surface area contributed by atoms with E-state index in [4.69, 9.17) is 0 Å². The molecule has 4 amide bonds. The minimum Gasteiger partial charge on any atom is -0.336 e. The van der Waals surface area contributed by atoms with Crippen LogP contribution in [0.4, 0.5) is 21.0 Å². The third-order valence-electron chi connectivity index (χ3n) is 4.61. The summed E-state index contributed by atoms with van der Waals surface area (Å²) < 4.78 is 1.88. The van der Waals surface area contributed by atoms with Crippen LogP contribution >= 0.6 is 0 Å². The molecule has 4 rings (SSSR count). The van der Waals surface area contributed by atoms with Crippen LogP contribution in [-0.2, 0) is 6.54 Å². The quantitative estimate of drug-likeness (QED) is 0.621. The van der Waals surface area contributed by atoms with Crippen LogP contribution in [0.25, 0.3) is 5.82 Å². The van der Waals surface area contributed by atoms with E-state index < -0.39 is 0 Å². The minimum atomic E-state index is -0.329. The summed E-state index contributed by atoms with van der Waals surface area (Å²) in [6.45, 7) is 3.47. The van der Waals surface area contributed by atoms with E-state index in [2.05, 4.69) is 25.9 Å². The summed E-state index contributed by atoms with van der Waals surface area (Å²) in [4.78, 5) is 34.3. The number of pyridine rings is 1. The number of amides is 4. The number of aromatic nitrogens is 3. The average molecular weight is 391 g/mol. The minimum absolute atomic E-state index is 0.131. The van der Waals surface area contributed by atoms with Gasteiger partial charge in [-0.2, -0.15) is 0 Å². The highest BCUT2D eigenvalue weighted by atomic mass is 16.2. The first kappa shape index (κ1) is 18.5. The fraction of sp³-hybridized carbons (Fsp3) is 0.200. The molecule has 9 heteroatoms. The second-order valence-corrected chi connectivity index (χ2v) is 6.61. The SMILES string of the molecule is Cc1nccn1-c1cc(CNC(=O)Nc2cccc(N3CCNC3=O)c2)ccn1. The molecule has 0 unspecified atom stereocenters. The molecule has 1 saturated heterocycles. The Morgan fingerprint density at radius 2 is 2.10 bits per heavy atom. The van der Waals surface area contributed by atoms with Gasteiger partial charge in [-0.15, -0.1) is 0 Å². The summed E-state index contributed by atoms with van der Waals surface area (Å²) in [6, 6.07) is 10.5. The van der Waals surface area contributed by atoms with Gasteiger partial charge in [0.2, 0.25) is 0 Å². The van der Waals surface area contributed by atoms with Crippen molar-refractivity contribution in [3.05, 3.63) is 66.4 Å². The second-order valence-electron chi connectivity index (χ2n) is 6.61. The number of urea groups is 2. The number of rotatable bonds is 5. The van der Waals surface area contributed by atoms with E-state index in [1.165, 1.54) is 0 Å². The van der Waals surface area contributed by atoms with Gasteiger partial charge in [-0.05, 0) is 42.8 Å². The van der Waals surface area contributed by atoms with Crippen molar-refractivity contribution in [3.63, 3.8) is 0 Å². The van der Waals surface area contributed by atoms with Gasteiger partial charge in [0.05, 0.1) is 0 Å². The fourth-order valence-electron chi connectivity index (χ4n) is 3.15. The molecule has 0 bridgehead atoms. The predicted molar refractivity (Wildman–Crippen MR) is 109 cm³/mol. The molecule has 1 aliphatic heterocycles. The fourth-order valence-corrected chi connectivity index (χ4v) is 3.15. The number of nitrogens with one attached hydrogen (secondary N) is 3. The molecule has 0 radical (unpaired) electrons. The highest BCUT2D eigenvalue weighted by Gasteiger charge is 2.21. The van der Waals surface area contributed by atoms with Crippen molar-refractivity contribution in [1.29, 1.82) is 0 Å². The first-order valence-electron chi connectivity index (χ1n) is 9.26. The number of carbonyl (C=O) groups is 2. The number of carbonyl (C=O) groups excluding carboxylic acids is 2. The maximum absolute atomic E-state index is 12.3. The normalized spacial score (nSPS) is 13.3. The number of hydrogen-bond acceptors (Lipinski definition) is 4. The molecule has 148 valence electrons. The number of anilines is 2. The van der Waals surface area contributed by atoms with Gasteiger partial charge in [-0.1, -0.05) is 6.07 Å². The van der Waals surface area contributed by atoms with Gasteiger partial charge >= 0.3 is 12.1 Å². The molecule has 29 heavy (non-hydrogen) atoms. The molecule has 3 N–H and O–H groups in total. The standard InChI is InChI=1S/C20H21N7O2/c1-14-21-7-9-26(14)18-11-15(5-6-22-18)13-24-19(28)25-16-3-2-4-17(12-16)27-10-8-23-20(27)29/h2-7,9,11-12H,8,10,13H2,1H3,(H,23,29)(H2,24,25,28). The van der Waals surface area contributed by atoms with Crippen LogP contribution in [0.1, 0.15) is 11.4 Å². The zero-order chi connectivity index (χ0) is 20.2. The van der Waals surface area contributed by atoms with Gasteiger partial charge in [-0.3, -0.25) is 9.47 Å². The van der Waals surface area contributed by atoms with E-state index >= 15 is 0 Å². The summed E-state index contributed by atoms with van der Waals surface area (Å²) in [5, 5.41) is 8.40. The van der Waals surface area contributed by atoms with Crippen LogP contribution in [0.5, 0.6) is 0 Å². The Kier molecular flexibility index (Phi) is 5.10. The maximum Gasteiger partial charge on any atom is 0.321 e. The summed E-state index contributed by atoms with van der Waals surface area (Å²) in [5.41, 5.74) is 2.28. The number of nitrogens with zero attached hydrogens (tertiary/aromatic N) is 4. The van der Waals surface area contributed by atoms with Crippen LogP contribution in [0, 0.1) is 6.92 Å². The van der Waals surface area contributed by atoms with Crippen molar-refractivity contribution in [2.24, 2.45) is 0 Å². The number of benzene rings is 1. The van der Waals surface area contributed by atoms with Crippen molar-refractivity contribution in [3.8, 4) is 5.82 Å². The average Bonchev–Trinajstić information content (AvgIpc) is 3.35. The van der Waals surface area contributed by atoms with Gasteiger partial charge in [-0.25, -0.2) is 19.6 Å². The van der Waals surface area contributed by atoms with E-state index in [0.717, 1.165) is 22.9 Å². The van der Waals surface area contributed by atoms with Crippen LogP contribution in [-0.4, -0.2) is 39.7 Å².